The SMILES string of the molecule is CC(C)Oc1cccnc1NCCNC(=O)OC(C)(C)C. The first-order chi connectivity index (χ1) is 9.78. The highest BCUT2D eigenvalue weighted by atomic mass is 16.6. The zero-order valence-electron chi connectivity index (χ0n) is 13.4. The molecule has 0 aliphatic carbocycles. The number of anilines is 1. The Balaban J connectivity index is 2.38. The van der Waals surface area contributed by atoms with Crippen LogP contribution in [-0.4, -0.2) is 35.9 Å². The van der Waals surface area contributed by atoms with Gasteiger partial charge in [-0.3, -0.25) is 0 Å². The van der Waals surface area contributed by atoms with Crippen molar-refractivity contribution in [3.05, 3.63) is 18.3 Å². The van der Waals surface area contributed by atoms with Gasteiger partial charge < -0.3 is 20.1 Å². The fourth-order valence-corrected chi connectivity index (χ4v) is 1.53. The van der Waals surface area contributed by atoms with Gasteiger partial charge >= 0.3 is 6.09 Å². The Labute approximate surface area is 126 Å². The second kappa shape index (κ2) is 7.71. The average Bonchev–Trinajstić information content (AvgIpc) is 2.33. The molecule has 118 valence electrons. The number of carbonyl (C=O) groups is 1. The van der Waals surface area contributed by atoms with Gasteiger partial charge in [-0.1, -0.05) is 0 Å². The molecule has 2 N–H and O–H groups in total. The van der Waals surface area contributed by atoms with Crippen LogP contribution < -0.4 is 15.4 Å². The molecule has 1 aromatic heterocycles. The molecule has 0 unspecified atom stereocenters. The third-order valence-corrected chi connectivity index (χ3v) is 2.22. The fourth-order valence-electron chi connectivity index (χ4n) is 1.53. The van der Waals surface area contributed by atoms with E-state index in [9.17, 15) is 4.79 Å². The van der Waals surface area contributed by atoms with Crippen molar-refractivity contribution in [2.45, 2.75) is 46.3 Å². The minimum atomic E-state index is -0.489. The minimum absolute atomic E-state index is 0.0784. The summed E-state index contributed by atoms with van der Waals surface area (Å²) in [4.78, 5) is 15.7. The standard InChI is InChI=1S/C15H25N3O3/c1-11(2)20-12-7-6-8-16-13(12)17-9-10-18-14(19)21-15(3,4)5/h6-8,11H,9-10H2,1-5H3,(H,16,17)(H,18,19). The number of hydrogen-bond donors (Lipinski definition) is 2. The molecule has 0 aromatic carbocycles. The van der Waals surface area contributed by atoms with Gasteiger partial charge in [-0.25, -0.2) is 9.78 Å². The molecule has 0 saturated carbocycles. The van der Waals surface area contributed by atoms with Crippen molar-refractivity contribution in [2.75, 3.05) is 18.4 Å². The Kier molecular flexibility index (Phi) is 6.27. The Morgan fingerprint density at radius 3 is 2.67 bits per heavy atom. The molecule has 6 heteroatoms. The van der Waals surface area contributed by atoms with E-state index in [1.807, 2.05) is 46.8 Å². The third kappa shape index (κ3) is 7.39. The molecule has 0 aliphatic heterocycles. The van der Waals surface area contributed by atoms with Crippen molar-refractivity contribution >= 4 is 11.9 Å². The Morgan fingerprint density at radius 2 is 2.05 bits per heavy atom. The topological polar surface area (TPSA) is 72.5 Å². The zero-order chi connectivity index (χ0) is 15.9. The van der Waals surface area contributed by atoms with Gasteiger partial charge in [-0.2, -0.15) is 0 Å². The van der Waals surface area contributed by atoms with E-state index in [0.29, 0.717) is 24.7 Å². The molecule has 1 amide bonds. The molecule has 1 heterocycles. The predicted octanol–water partition coefficient (Wildman–Crippen LogP) is 2.81. The number of ether oxygens (including phenoxy) is 2. The van der Waals surface area contributed by atoms with Gasteiger partial charge in [-0.15, -0.1) is 0 Å². The molecule has 21 heavy (non-hydrogen) atoms. The first-order valence-corrected chi connectivity index (χ1v) is 7.10. The second-order valence-electron chi connectivity index (χ2n) is 5.87. The van der Waals surface area contributed by atoms with E-state index in [1.54, 1.807) is 6.20 Å². The van der Waals surface area contributed by atoms with Crippen LogP contribution in [0, 0.1) is 0 Å². The summed E-state index contributed by atoms with van der Waals surface area (Å²) in [7, 11) is 0. The van der Waals surface area contributed by atoms with E-state index < -0.39 is 11.7 Å². The van der Waals surface area contributed by atoms with Crippen LogP contribution in [0.25, 0.3) is 0 Å². The minimum Gasteiger partial charge on any atom is -0.487 e. The maximum absolute atomic E-state index is 11.5. The smallest absolute Gasteiger partial charge is 0.407 e. The molecule has 0 radical (unpaired) electrons. The molecule has 1 aromatic rings. The quantitative estimate of drug-likeness (QED) is 0.790. The summed E-state index contributed by atoms with van der Waals surface area (Å²) in [5.41, 5.74) is -0.489. The largest absolute Gasteiger partial charge is 0.487 e. The Bertz CT molecular complexity index is 456. The number of hydrogen-bond acceptors (Lipinski definition) is 5. The number of aromatic nitrogens is 1. The average molecular weight is 295 g/mol. The van der Waals surface area contributed by atoms with Crippen LogP contribution in [0.3, 0.4) is 0 Å². The molecule has 0 spiro atoms. The number of carbonyl (C=O) groups excluding carboxylic acids is 1. The Hall–Kier alpha value is -1.98. The lowest BCUT2D eigenvalue weighted by atomic mass is 10.2. The van der Waals surface area contributed by atoms with E-state index in [2.05, 4.69) is 15.6 Å². The van der Waals surface area contributed by atoms with Gasteiger partial charge in [-0.05, 0) is 46.8 Å². The summed E-state index contributed by atoms with van der Waals surface area (Å²) < 4.78 is 10.8. The molecular weight excluding hydrogens is 270 g/mol. The van der Waals surface area contributed by atoms with Gasteiger partial charge in [0.2, 0.25) is 0 Å². The van der Waals surface area contributed by atoms with Gasteiger partial charge in [0, 0.05) is 19.3 Å². The number of nitrogens with one attached hydrogen (secondary N) is 2. The summed E-state index contributed by atoms with van der Waals surface area (Å²) in [5.74, 6) is 1.36. The highest BCUT2D eigenvalue weighted by molar-refractivity contribution is 5.67. The normalized spacial score (nSPS) is 11.1. The second-order valence-corrected chi connectivity index (χ2v) is 5.87. The highest BCUT2D eigenvalue weighted by Gasteiger charge is 2.15. The molecule has 0 atom stereocenters. The van der Waals surface area contributed by atoms with Gasteiger partial charge in [0.25, 0.3) is 0 Å². The number of nitrogens with zero attached hydrogens (tertiary/aromatic N) is 1. The summed E-state index contributed by atoms with van der Waals surface area (Å²) in [6.45, 7) is 10.4. The lowest BCUT2D eigenvalue weighted by Crippen LogP contribution is -2.35. The zero-order valence-corrected chi connectivity index (χ0v) is 13.4. The monoisotopic (exact) mass is 295 g/mol. The molecular formula is C15H25N3O3. The highest BCUT2D eigenvalue weighted by Crippen LogP contribution is 2.21. The third-order valence-electron chi connectivity index (χ3n) is 2.22. The maximum atomic E-state index is 11.5. The van der Waals surface area contributed by atoms with E-state index in [4.69, 9.17) is 9.47 Å². The summed E-state index contributed by atoms with van der Waals surface area (Å²) in [5, 5.41) is 5.81. The van der Waals surface area contributed by atoms with E-state index in [1.165, 1.54) is 0 Å². The van der Waals surface area contributed by atoms with Crippen molar-refractivity contribution in [1.29, 1.82) is 0 Å². The Morgan fingerprint density at radius 1 is 1.33 bits per heavy atom. The van der Waals surface area contributed by atoms with Crippen LogP contribution in [-0.2, 0) is 4.74 Å². The van der Waals surface area contributed by atoms with Gasteiger partial charge in [0.15, 0.2) is 11.6 Å². The predicted molar refractivity (Wildman–Crippen MR) is 82.7 cm³/mol. The van der Waals surface area contributed by atoms with Crippen LogP contribution in [0.4, 0.5) is 10.6 Å². The molecule has 0 saturated heterocycles. The van der Waals surface area contributed by atoms with E-state index in [0.717, 1.165) is 0 Å². The van der Waals surface area contributed by atoms with Crippen molar-refractivity contribution < 1.29 is 14.3 Å². The molecule has 0 bridgehead atoms. The summed E-state index contributed by atoms with van der Waals surface area (Å²) in [6, 6.07) is 3.68. The van der Waals surface area contributed by atoms with Crippen molar-refractivity contribution in [3.8, 4) is 5.75 Å². The van der Waals surface area contributed by atoms with Crippen LogP contribution in [0.2, 0.25) is 0 Å². The number of amides is 1. The van der Waals surface area contributed by atoms with Crippen LogP contribution >= 0.6 is 0 Å². The molecule has 0 fully saturated rings. The number of pyridine rings is 1. The summed E-state index contributed by atoms with van der Waals surface area (Å²) in [6.07, 6.45) is 1.34. The van der Waals surface area contributed by atoms with E-state index >= 15 is 0 Å². The molecule has 1 rings (SSSR count). The summed E-state index contributed by atoms with van der Waals surface area (Å²) >= 11 is 0. The fraction of sp³-hybridized carbons (Fsp3) is 0.600. The van der Waals surface area contributed by atoms with Crippen LogP contribution in [0.1, 0.15) is 34.6 Å². The van der Waals surface area contributed by atoms with Gasteiger partial charge in [0.05, 0.1) is 6.10 Å². The van der Waals surface area contributed by atoms with Gasteiger partial charge in [0.1, 0.15) is 5.60 Å². The first-order valence-electron chi connectivity index (χ1n) is 7.10. The number of rotatable bonds is 6. The van der Waals surface area contributed by atoms with Crippen LogP contribution in [0.5, 0.6) is 5.75 Å². The lowest BCUT2D eigenvalue weighted by molar-refractivity contribution is 0.0530. The van der Waals surface area contributed by atoms with Crippen LogP contribution in [0.15, 0.2) is 18.3 Å². The number of alkyl carbamates (subject to hydrolysis) is 1. The van der Waals surface area contributed by atoms with Crippen molar-refractivity contribution in [2.24, 2.45) is 0 Å². The van der Waals surface area contributed by atoms with E-state index in [-0.39, 0.29) is 6.10 Å². The van der Waals surface area contributed by atoms with Crippen molar-refractivity contribution in [1.82, 2.24) is 10.3 Å². The maximum Gasteiger partial charge on any atom is 0.407 e. The lowest BCUT2D eigenvalue weighted by Gasteiger charge is -2.20. The molecule has 0 aliphatic rings. The molecule has 6 nitrogen and oxygen atoms in total. The van der Waals surface area contributed by atoms with Crippen molar-refractivity contribution in [3.63, 3.8) is 0 Å². The first kappa shape index (κ1) is 17.1.